The van der Waals surface area contributed by atoms with E-state index in [0.717, 1.165) is 17.9 Å². The van der Waals surface area contributed by atoms with Crippen molar-refractivity contribution in [2.45, 2.75) is 59.3 Å². The van der Waals surface area contributed by atoms with E-state index in [9.17, 15) is 14.7 Å². The molecule has 2 unspecified atom stereocenters. The fraction of sp³-hybridized carbons (Fsp3) is 0.419. The number of hydrogen-bond acceptors (Lipinski definition) is 6. The van der Waals surface area contributed by atoms with E-state index in [-0.39, 0.29) is 24.1 Å². The second kappa shape index (κ2) is 10.9. The highest BCUT2D eigenvalue weighted by atomic mass is 16.5. The van der Waals surface area contributed by atoms with E-state index in [2.05, 4.69) is 50.0 Å². The van der Waals surface area contributed by atoms with Gasteiger partial charge < -0.3 is 20.1 Å². The number of esters is 1. The van der Waals surface area contributed by atoms with Gasteiger partial charge in [-0.2, -0.15) is 0 Å². The molecule has 0 saturated heterocycles. The van der Waals surface area contributed by atoms with Crippen LogP contribution in [0.4, 0.5) is 0 Å². The Morgan fingerprint density at radius 1 is 1.11 bits per heavy atom. The standard InChI is InChI=1S/C31H38N2O4/c1-7-33(6)17-25-30(31(36)37-8-2)28(21-10-9-11-23(34)14-21)29-24(32-25)15-22(16-26(29)35)27-19(4)12-18(3)13-20(27)5/h9-14,22,28,32,34H,7-8,15-17H2,1-6H3. The minimum absolute atomic E-state index is 0.0242. The van der Waals surface area contributed by atoms with Crippen molar-refractivity contribution in [2.75, 3.05) is 26.7 Å². The molecular formula is C31H38N2O4. The Morgan fingerprint density at radius 3 is 2.43 bits per heavy atom. The van der Waals surface area contributed by atoms with Gasteiger partial charge in [0.15, 0.2) is 5.78 Å². The maximum absolute atomic E-state index is 13.9. The third-order valence-corrected chi connectivity index (χ3v) is 7.53. The largest absolute Gasteiger partial charge is 0.508 e. The molecule has 2 aliphatic rings. The molecule has 196 valence electrons. The SMILES string of the molecule is CCOC(=O)C1=C(CN(C)CC)NC2=C(C(=O)CC(c3c(C)cc(C)cc3C)C2)C1c1cccc(O)c1. The summed E-state index contributed by atoms with van der Waals surface area (Å²) in [4.78, 5) is 29.5. The van der Waals surface area contributed by atoms with Gasteiger partial charge in [-0.25, -0.2) is 4.79 Å². The summed E-state index contributed by atoms with van der Waals surface area (Å²) in [6.07, 6.45) is 1.05. The summed E-state index contributed by atoms with van der Waals surface area (Å²) in [5, 5.41) is 13.8. The lowest BCUT2D eigenvalue weighted by Gasteiger charge is -2.38. The van der Waals surface area contributed by atoms with Crippen LogP contribution in [0, 0.1) is 20.8 Å². The van der Waals surface area contributed by atoms with Gasteiger partial charge in [-0.15, -0.1) is 0 Å². The summed E-state index contributed by atoms with van der Waals surface area (Å²) >= 11 is 0. The predicted octanol–water partition coefficient (Wildman–Crippen LogP) is 5.17. The number of phenolic OH excluding ortho intramolecular Hbond substituents is 1. The molecule has 0 bridgehead atoms. The van der Waals surface area contributed by atoms with Crippen LogP contribution in [0.5, 0.6) is 5.75 Å². The number of allylic oxidation sites excluding steroid dienone is 2. The molecule has 1 heterocycles. The second-order valence-electron chi connectivity index (χ2n) is 10.3. The van der Waals surface area contributed by atoms with E-state index in [1.807, 2.05) is 13.1 Å². The molecule has 6 heteroatoms. The first-order valence-corrected chi connectivity index (χ1v) is 13.1. The number of ketones is 1. The third-order valence-electron chi connectivity index (χ3n) is 7.53. The number of hydrogen-bond donors (Lipinski definition) is 2. The molecule has 0 spiro atoms. The van der Waals surface area contributed by atoms with Crippen LogP contribution in [-0.4, -0.2) is 48.5 Å². The number of ether oxygens (including phenoxy) is 1. The fourth-order valence-corrected chi connectivity index (χ4v) is 5.99. The minimum Gasteiger partial charge on any atom is -0.508 e. The highest BCUT2D eigenvalue weighted by Crippen LogP contribution is 2.47. The van der Waals surface area contributed by atoms with Crippen molar-refractivity contribution in [1.82, 2.24) is 10.2 Å². The van der Waals surface area contributed by atoms with E-state index in [4.69, 9.17) is 4.74 Å². The Hall–Kier alpha value is -3.38. The van der Waals surface area contributed by atoms with Crippen LogP contribution >= 0.6 is 0 Å². The lowest BCUT2D eigenvalue weighted by atomic mass is 9.70. The normalized spacial score (nSPS) is 19.7. The van der Waals surface area contributed by atoms with Gasteiger partial charge in [0.25, 0.3) is 0 Å². The second-order valence-corrected chi connectivity index (χ2v) is 10.3. The van der Waals surface area contributed by atoms with E-state index in [0.29, 0.717) is 36.1 Å². The maximum atomic E-state index is 13.9. The summed E-state index contributed by atoms with van der Waals surface area (Å²) in [5.41, 5.74) is 8.23. The molecule has 0 radical (unpaired) electrons. The van der Waals surface area contributed by atoms with Gasteiger partial charge in [0.2, 0.25) is 0 Å². The molecule has 0 aromatic heterocycles. The van der Waals surface area contributed by atoms with Gasteiger partial charge in [0.05, 0.1) is 12.2 Å². The van der Waals surface area contributed by atoms with Crippen LogP contribution < -0.4 is 5.32 Å². The van der Waals surface area contributed by atoms with Crippen LogP contribution in [0.2, 0.25) is 0 Å². The van der Waals surface area contributed by atoms with Crippen molar-refractivity contribution >= 4 is 11.8 Å². The van der Waals surface area contributed by atoms with Gasteiger partial charge in [-0.3, -0.25) is 4.79 Å². The Labute approximate surface area is 220 Å². The smallest absolute Gasteiger partial charge is 0.336 e. The molecule has 0 amide bonds. The molecule has 2 aromatic rings. The number of carbonyl (C=O) groups is 2. The monoisotopic (exact) mass is 502 g/mol. The lowest BCUT2D eigenvalue weighted by Crippen LogP contribution is -2.40. The molecule has 4 rings (SSSR count). The molecule has 2 atom stereocenters. The predicted molar refractivity (Wildman–Crippen MR) is 145 cm³/mol. The van der Waals surface area contributed by atoms with Gasteiger partial charge in [-0.1, -0.05) is 36.8 Å². The first kappa shape index (κ1) is 26.7. The Bertz CT molecular complexity index is 1270. The number of aryl methyl sites for hydroxylation is 3. The number of benzene rings is 2. The number of carbonyl (C=O) groups excluding carboxylic acids is 2. The zero-order chi connectivity index (χ0) is 26.9. The van der Waals surface area contributed by atoms with Crippen molar-refractivity contribution in [3.05, 3.63) is 86.8 Å². The van der Waals surface area contributed by atoms with Crippen molar-refractivity contribution < 1.29 is 19.4 Å². The first-order valence-electron chi connectivity index (χ1n) is 13.1. The number of likely N-dealkylation sites (N-methyl/N-ethyl adjacent to an activating group) is 1. The summed E-state index contributed by atoms with van der Waals surface area (Å²) in [7, 11) is 2.00. The average Bonchev–Trinajstić information content (AvgIpc) is 2.82. The Kier molecular flexibility index (Phi) is 7.88. The highest BCUT2D eigenvalue weighted by molar-refractivity contribution is 6.04. The quantitative estimate of drug-likeness (QED) is 0.509. The zero-order valence-electron chi connectivity index (χ0n) is 22.8. The number of nitrogens with one attached hydrogen (secondary N) is 1. The van der Waals surface area contributed by atoms with Crippen LogP contribution in [0.15, 0.2) is 58.9 Å². The van der Waals surface area contributed by atoms with Gasteiger partial charge >= 0.3 is 5.97 Å². The third kappa shape index (κ3) is 5.35. The number of aromatic hydroxyl groups is 1. The molecular weight excluding hydrogens is 464 g/mol. The van der Waals surface area contributed by atoms with Crippen LogP contribution in [0.3, 0.4) is 0 Å². The van der Waals surface area contributed by atoms with Gasteiger partial charge in [0, 0.05) is 35.9 Å². The molecule has 1 aliphatic heterocycles. The van der Waals surface area contributed by atoms with E-state index in [1.54, 1.807) is 25.1 Å². The number of nitrogens with zero attached hydrogens (tertiary/aromatic N) is 1. The molecule has 37 heavy (non-hydrogen) atoms. The van der Waals surface area contributed by atoms with E-state index >= 15 is 0 Å². The van der Waals surface area contributed by atoms with Crippen molar-refractivity contribution in [2.24, 2.45) is 0 Å². The highest BCUT2D eigenvalue weighted by Gasteiger charge is 2.42. The lowest BCUT2D eigenvalue weighted by molar-refractivity contribution is -0.138. The number of dihydropyridines is 1. The summed E-state index contributed by atoms with van der Waals surface area (Å²) in [6, 6.07) is 11.2. The maximum Gasteiger partial charge on any atom is 0.336 e. The molecule has 1 aliphatic carbocycles. The summed E-state index contributed by atoms with van der Waals surface area (Å²) in [5.74, 6) is -0.860. The van der Waals surface area contributed by atoms with Crippen LogP contribution in [0.1, 0.15) is 66.3 Å². The molecule has 6 nitrogen and oxygen atoms in total. The van der Waals surface area contributed by atoms with Crippen LogP contribution in [-0.2, 0) is 14.3 Å². The number of phenols is 1. The van der Waals surface area contributed by atoms with E-state index in [1.165, 1.54) is 22.3 Å². The van der Waals surface area contributed by atoms with Gasteiger partial charge in [0.1, 0.15) is 5.75 Å². The minimum atomic E-state index is -0.601. The average molecular weight is 503 g/mol. The Balaban J connectivity index is 1.88. The summed E-state index contributed by atoms with van der Waals surface area (Å²) in [6.45, 7) is 11.7. The zero-order valence-corrected chi connectivity index (χ0v) is 22.8. The van der Waals surface area contributed by atoms with Crippen LogP contribution in [0.25, 0.3) is 0 Å². The Morgan fingerprint density at radius 2 is 1.81 bits per heavy atom. The molecule has 0 fully saturated rings. The van der Waals surface area contributed by atoms with Gasteiger partial charge in [-0.05, 0) is 88.0 Å². The van der Waals surface area contributed by atoms with Crippen molar-refractivity contribution in [1.29, 1.82) is 0 Å². The topological polar surface area (TPSA) is 78.9 Å². The molecule has 0 saturated carbocycles. The van der Waals surface area contributed by atoms with Crippen molar-refractivity contribution in [3.63, 3.8) is 0 Å². The number of rotatable bonds is 7. The first-order chi connectivity index (χ1) is 17.6. The number of Topliss-reactive ketones (excluding diaryl/α,β-unsaturated/α-hetero) is 1. The molecule has 2 aromatic carbocycles. The summed E-state index contributed by atoms with van der Waals surface area (Å²) < 4.78 is 5.51. The van der Waals surface area contributed by atoms with E-state index < -0.39 is 11.9 Å². The van der Waals surface area contributed by atoms with Crippen molar-refractivity contribution in [3.8, 4) is 5.75 Å². The fourth-order valence-electron chi connectivity index (χ4n) is 5.99. The molecule has 2 N–H and O–H groups in total.